The Kier molecular flexibility index (Phi) is 5.98. The lowest BCUT2D eigenvalue weighted by molar-refractivity contribution is -0.144. The van der Waals surface area contributed by atoms with Crippen LogP contribution in [0.5, 0.6) is 0 Å². The molecule has 0 unspecified atom stereocenters. The number of nitrogens with one attached hydrogen (secondary N) is 1. The monoisotopic (exact) mass is 438 g/mol. The highest BCUT2D eigenvalue weighted by Gasteiger charge is 2.19. The Morgan fingerprint density at radius 3 is 2.78 bits per heavy atom. The summed E-state index contributed by atoms with van der Waals surface area (Å²) in [5.41, 5.74) is 2.20. The Balaban J connectivity index is 1.58. The third-order valence-corrected chi connectivity index (χ3v) is 5.52. The molecule has 0 saturated carbocycles. The molecule has 3 aromatic heterocycles. The SMILES string of the molecule is CCCCn1c(=O)[nH]c(=O)c2c1nc(COC(=O)Cc1coc3cc(C)ccc13)n2CC. The summed E-state index contributed by atoms with van der Waals surface area (Å²) in [5.74, 6) is -0.00913. The number of rotatable bonds is 8. The Bertz CT molecular complexity index is 1410. The van der Waals surface area contributed by atoms with Crippen LogP contribution in [0.2, 0.25) is 0 Å². The van der Waals surface area contributed by atoms with Crippen LogP contribution in [0.25, 0.3) is 22.1 Å². The number of ether oxygens (including phenoxy) is 1. The van der Waals surface area contributed by atoms with Crippen molar-refractivity contribution in [2.45, 2.75) is 59.7 Å². The molecule has 0 aliphatic rings. The lowest BCUT2D eigenvalue weighted by atomic mass is 10.1. The van der Waals surface area contributed by atoms with Crippen molar-refractivity contribution in [3.63, 3.8) is 0 Å². The summed E-state index contributed by atoms with van der Waals surface area (Å²) in [6, 6.07) is 5.81. The van der Waals surface area contributed by atoms with Gasteiger partial charge in [0.05, 0.1) is 12.7 Å². The van der Waals surface area contributed by atoms with Crippen LogP contribution in [-0.2, 0) is 35.6 Å². The number of hydrogen-bond donors (Lipinski definition) is 1. The van der Waals surface area contributed by atoms with Crippen LogP contribution in [0.1, 0.15) is 43.6 Å². The van der Waals surface area contributed by atoms with Gasteiger partial charge in [0.1, 0.15) is 18.0 Å². The molecular weight excluding hydrogens is 412 g/mol. The van der Waals surface area contributed by atoms with E-state index in [1.165, 1.54) is 4.57 Å². The largest absolute Gasteiger partial charge is 0.464 e. The lowest BCUT2D eigenvalue weighted by Crippen LogP contribution is -2.31. The summed E-state index contributed by atoms with van der Waals surface area (Å²) >= 11 is 0. The maximum atomic E-state index is 12.5. The fraction of sp³-hybridized carbons (Fsp3) is 0.391. The van der Waals surface area contributed by atoms with E-state index in [0.29, 0.717) is 30.1 Å². The molecule has 0 saturated heterocycles. The van der Waals surface area contributed by atoms with Gasteiger partial charge in [0.2, 0.25) is 0 Å². The number of esters is 1. The maximum Gasteiger partial charge on any atom is 0.330 e. The summed E-state index contributed by atoms with van der Waals surface area (Å²) in [6.45, 7) is 6.67. The topological polar surface area (TPSA) is 112 Å². The maximum absolute atomic E-state index is 12.5. The highest BCUT2D eigenvalue weighted by molar-refractivity contribution is 5.86. The summed E-state index contributed by atoms with van der Waals surface area (Å²) in [5, 5.41) is 0.875. The van der Waals surface area contributed by atoms with Crippen molar-refractivity contribution in [3.8, 4) is 0 Å². The van der Waals surface area contributed by atoms with Crippen molar-refractivity contribution < 1.29 is 13.9 Å². The molecule has 3 heterocycles. The number of H-pyrrole nitrogens is 1. The summed E-state index contributed by atoms with van der Waals surface area (Å²) < 4.78 is 14.2. The van der Waals surface area contributed by atoms with Crippen LogP contribution in [0.15, 0.2) is 38.5 Å². The first-order valence-corrected chi connectivity index (χ1v) is 10.8. The number of imidazole rings is 1. The van der Waals surface area contributed by atoms with E-state index in [1.807, 2.05) is 39.0 Å². The number of benzene rings is 1. The Hall–Kier alpha value is -3.62. The van der Waals surface area contributed by atoms with Crippen LogP contribution >= 0.6 is 0 Å². The average molecular weight is 438 g/mol. The van der Waals surface area contributed by atoms with E-state index in [2.05, 4.69) is 9.97 Å². The van der Waals surface area contributed by atoms with Crippen molar-refractivity contribution >= 4 is 28.1 Å². The molecule has 168 valence electrons. The highest BCUT2D eigenvalue weighted by Crippen LogP contribution is 2.23. The number of unbranched alkanes of at least 4 members (excludes halogenated alkanes) is 1. The van der Waals surface area contributed by atoms with Gasteiger partial charge in [-0.1, -0.05) is 25.5 Å². The molecule has 0 aliphatic heterocycles. The minimum absolute atomic E-state index is 0.0597. The molecule has 0 amide bonds. The van der Waals surface area contributed by atoms with Crippen molar-refractivity contribution in [1.29, 1.82) is 0 Å². The van der Waals surface area contributed by atoms with E-state index in [9.17, 15) is 14.4 Å². The standard InChI is InChI=1S/C23H26N4O5/c1-4-6-9-27-21-20(22(29)25-23(27)30)26(5-2)18(24-21)13-32-19(28)11-15-12-31-17-10-14(3)7-8-16(15)17/h7-8,10,12H,4-6,9,11,13H2,1-3H3,(H,25,29,30). The third kappa shape index (κ3) is 3.98. The zero-order valence-electron chi connectivity index (χ0n) is 18.4. The second kappa shape index (κ2) is 8.86. The minimum atomic E-state index is -0.496. The molecular formula is C23H26N4O5. The summed E-state index contributed by atoms with van der Waals surface area (Å²) in [6.07, 6.45) is 3.31. The van der Waals surface area contributed by atoms with E-state index in [1.54, 1.807) is 10.8 Å². The molecule has 1 N–H and O–H groups in total. The predicted molar refractivity (Wildman–Crippen MR) is 120 cm³/mol. The van der Waals surface area contributed by atoms with Crippen molar-refractivity contribution in [2.24, 2.45) is 0 Å². The fourth-order valence-corrected chi connectivity index (χ4v) is 3.87. The first-order valence-electron chi connectivity index (χ1n) is 10.8. The van der Waals surface area contributed by atoms with E-state index in [-0.39, 0.29) is 13.0 Å². The molecule has 9 heteroatoms. The smallest absolute Gasteiger partial charge is 0.330 e. The van der Waals surface area contributed by atoms with Gasteiger partial charge in [-0.15, -0.1) is 0 Å². The number of nitrogens with zero attached hydrogens (tertiary/aromatic N) is 3. The number of carbonyl (C=O) groups is 1. The first kappa shape index (κ1) is 21.6. The van der Waals surface area contributed by atoms with E-state index in [0.717, 1.165) is 34.9 Å². The van der Waals surface area contributed by atoms with Crippen LogP contribution < -0.4 is 11.2 Å². The molecule has 0 atom stereocenters. The number of fused-ring (bicyclic) bond motifs is 2. The van der Waals surface area contributed by atoms with Gasteiger partial charge in [-0.2, -0.15) is 0 Å². The predicted octanol–water partition coefficient (Wildman–Crippen LogP) is 3.05. The third-order valence-electron chi connectivity index (χ3n) is 5.52. The molecule has 0 bridgehead atoms. The van der Waals surface area contributed by atoms with Gasteiger partial charge in [0.15, 0.2) is 11.2 Å². The van der Waals surface area contributed by atoms with Crippen molar-refractivity contribution in [3.05, 3.63) is 62.3 Å². The fourth-order valence-electron chi connectivity index (χ4n) is 3.87. The lowest BCUT2D eigenvalue weighted by Gasteiger charge is -2.07. The van der Waals surface area contributed by atoms with Gasteiger partial charge in [-0.3, -0.25) is 19.1 Å². The van der Waals surface area contributed by atoms with Gasteiger partial charge in [0.25, 0.3) is 5.56 Å². The molecule has 1 aromatic carbocycles. The molecule has 0 aliphatic carbocycles. The van der Waals surface area contributed by atoms with Crippen molar-refractivity contribution in [2.75, 3.05) is 0 Å². The normalized spacial score (nSPS) is 11.5. The molecule has 4 rings (SSSR count). The van der Waals surface area contributed by atoms with E-state index in [4.69, 9.17) is 9.15 Å². The Morgan fingerprint density at radius 1 is 1.22 bits per heavy atom. The number of aryl methyl sites for hydroxylation is 3. The highest BCUT2D eigenvalue weighted by atomic mass is 16.5. The quantitative estimate of drug-likeness (QED) is 0.423. The van der Waals surface area contributed by atoms with E-state index >= 15 is 0 Å². The van der Waals surface area contributed by atoms with Crippen LogP contribution in [0.4, 0.5) is 0 Å². The van der Waals surface area contributed by atoms with Crippen LogP contribution in [0, 0.1) is 6.92 Å². The number of hydrogen-bond acceptors (Lipinski definition) is 6. The molecule has 4 aromatic rings. The van der Waals surface area contributed by atoms with Gasteiger partial charge < -0.3 is 13.7 Å². The van der Waals surface area contributed by atoms with Gasteiger partial charge >= 0.3 is 11.7 Å². The number of aromatic nitrogens is 4. The molecule has 32 heavy (non-hydrogen) atoms. The minimum Gasteiger partial charge on any atom is -0.464 e. The molecule has 0 radical (unpaired) electrons. The van der Waals surface area contributed by atoms with Gasteiger partial charge in [-0.25, -0.2) is 9.78 Å². The summed E-state index contributed by atoms with van der Waals surface area (Å²) in [7, 11) is 0. The second-order valence-corrected chi connectivity index (χ2v) is 7.81. The van der Waals surface area contributed by atoms with Crippen LogP contribution in [0.3, 0.4) is 0 Å². The Morgan fingerprint density at radius 2 is 2.03 bits per heavy atom. The summed E-state index contributed by atoms with van der Waals surface area (Å²) in [4.78, 5) is 44.2. The Labute approximate surface area is 183 Å². The molecule has 0 spiro atoms. The van der Waals surface area contributed by atoms with Crippen molar-refractivity contribution in [1.82, 2.24) is 19.1 Å². The van der Waals surface area contributed by atoms with Gasteiger partial charge in [-0.05, 0) is 31.9 Å². The van der Waals surface area contributed by atoms with E-state index < -0.39 is 17.2 Å². The van der Waals surface area contributed by atoms with Crippen LogP contribution in [-0.4, -0.2) is 25.1 Å². The first-order chi connectivity index (χ1) is 15.4. The second-order valence-electron chi connectivity index (χ2n) is 7.81. The molecule has 0 fully saturated rings. The zero-order chi connectivity index (χ0) is 22.8. The zero-order valence-corrected chi connectivity index (χ0v) is 18.4. The number of aromatic amines is 1. The van der Waals surface area contributed by atoms with Gasteiger partial charge in [0, 0.05) is 24.0 Å². The number of furan rings is 1. The average Bonchev–Trinajstić information content (AvgIpc) is 3.33. The molecule has 9 nitrogen and oxygen atoms in total. The number of carbonyl (C=O) groups excluding carboxylic acids is 1.